The van der Waals surface area contributed by atoms with E-state index in [1.807, 2.05) is 0 Å². The molecule has 1 aromatic carbocycles. The van der Waals surface area contributed by atoms with Gasteiger partial charge >= 0.3 is 0 Å². The van der Waals surface area contributed by atoms with Crippen molar-refractivity contribution in [2.45, 2.75) is 11.9 Å². The Morgan fingerprint density at radius 2 is 2.06 bits per heavy atom. The van der Waals surface area contributed by atoms with Crippen LogP contribution < -0.4 is 0 Å². The van der Waals surface area contributed by atoms with Gasteiger partial charge in [0.2, 0.25) is 5.79 Å². The third-order valence-electron chi connectivity index (χ3n) is 2.55. The number of ether oxygens (including phenoxy) is 2. The van der Waals surface area contributed by atoms with Crippen LogP contribution in [0.25, 0.3) is 0 Å². The van der Waals surface area contributed by atoms with E-state index in [1.54, 1.807) is 18.2 Å². The SMILES string of the molecule is ClC[C@@H]1COC(CCl)(c2ccc(Cl)cc2Cl)O1. The molecule has 0 amide bonds. The first kappa shape index (κ1) is 13.7. The zero-order valence-electron chi connectivity index (χ0n) is 8.76. The number of rotatable bonds is 3. The third kappa shape index (κ3) is 2.67. The van der Waals surface area contributed by atoms with E-state index in [4.69, 9.17) is 55.9 Å². The van der Waals surface area contributed by atoms with Gasteiger partial charge in [-0.3, -0.25) is 0 Å². The summed E-state index contributed by atoms with van der Waals surface area (Å²) in [4.78, 5) is 0. The van der Waals surface area contributed by atoms with Crippen molar-refractivity contribution in [3.8, 4) is 0 Å². The van der Waals surface area contributed by atoms with Crippen molar-refractivity contribution < 1.29 is 9.47 Å². The van der Waals surface area contributed by atoms with E-state index in [1.165, 1.54) is 0 Å². The lowest BCUT2D eigenvalue weighted by atomic mass is 10.1. The van der Waals surface area contributed by atoms with Crippen LogP contribution in [0.1, 0.15) is 5.56 Å². The highest BCUT2D eigenvalue weighted by Crippen LogP contribution is 2.40. The van der Waals surface area contributed by atoms with Crippen molar-refractivity contribution in [2.75, 3.05) is 18.4 Å². The van der Waals surface area contributed by atoms with Crippen molar-refractivity contribution in [1.82, 2.24) is 0 Å². The summed E-state index contributed by atoms with van der Waals surface area (Å²) in [6.07, 6.45) is -0.179. The van der Waals surface area contributed by atoms with Crippen molar-refractivity contribution in [3.05, 3.63) is 33.8 Å². The van der Waals surface area contributed by atoms with Crippen molar-refractivity contribution in [2.24, 2.45) is 0 Å². The van der Waals surface area contributed by atoms with Gasteiger partial charge in [0.15, 0.2) is 0 Å². The number of benzene rings is 1. The monoisotopic (exact) mass is 314 g/mol. The van der Waals surface area contributed by atoms with Gasteiger partial charge in [0.25, 0.3) is 0 Å². The van der Waals surface area contributed by atoms with Crippen LogP contribution in [0, 0.1) is 0 Å². The maximum atomic E-state index is 6.13. The molecule has 1 unspecified atom stereocenters. The lowest BCUT2D eigenvalue weighted by Crippen LogP contribution is -2.31. The molecule has 2 rings (SSSR count). The van der Waals surface area contributed by atoms with E-state index < -0.39 is 5.79 Å². The molecule has 1 saturated heterocycles. The fourth-order valence-electron chi connectivity index (χ4n) is 1.72. The summed E-state index contributed by atoms with van der Waals surface area (Å²) in [5, 5.41) is 1.02. The lowest BCUT2D eigenvalue weighted by molar-refractivity contribution is -0.156. The molecule has 1 aliphatic heterocycles. The predicted octanol–water partition coefficient (Wildman–Crippen LogP) is 4.04. The first-order chi connectivity index (χ1) is 8.11. The van der Waals surface area contributed by atoms with Crippen molar-refractivity contribution in [3.63, 3.8) is 0 Å². The van der Waals surface area contributed by atoms with Crippen LogP contribution in [-0.2, 0) is 15.3 Å². The van der Waals surface area contributed by atoms with Crippen LogP contribution in [0.5, 0.6) is 0 Å². The molecule has 1 aliphatic rings. The number of halogens is 4. The second-order valence-electron chi connectivity index (χ2n) is 3.72. The van der Waals surface area contributed by atoms with Gasteiger partial charge in [-0.2, -0.15) is 0 Å². The number of hydrogen-bond acceptors (Lipinski definition) is 2. The van der Waals surface area contributed by atoms with Crippen molar-refractivity contribution in [1.29, 1.82) is 0 Å². The maximum Gasteiger partial charge on any atom is 0.210 e. The molecule has 0 saturated carbocycles. The predicted molar refractivity (Wildman–Crippen MR) is 70.4 cm³/mol. The van der Waals surface area contributed by atoms with Crippen molar-refractivity contribution >= 4 is 46.4 Å². The van der Waals surface area contributed by atoms with Crippen LogP contribution in [-0.4, -0.2) is 24.5 Å². The van der Waals surface area contributed by atoms with Crippen LogP contribution >= 0.6 is 46.4 Å². The number of alkyl halides is 2. The first-order valence-corrected chi connectivity index (χ1v) is 6.83. The molecule has 2 atom stereocenters. The number of hydrogen-bond donors (Lipinski definition) is 0. The summed E-state index contributed by atoms with van der Waals surface area (Å²) in [6.45, 7) is 0.398. The van der Waals surface area contributed by atoms with E-state index in [2.05, 4.69) is 0 Å². The smallest absolute Gasteiger partial charge is 0.210 e. The maximum absolute atomic E-state index is 6.13. The average Bonchev–Trinajstić information content (AvgIpc) is 2.74. The second-order valence-corrected chi connectivity index (χ2v) is 5.14. The third-order valence-corrected chi connectivity index (χ3v) is 3.79. The fourth-order valence-corrected chi connectivity index (χ4v) is 2.71. The largest absolute Gasteiger partial charge is 0.342 e. The highest BCUT2D eigenvalue weighted by atomic mass is 35.5. The van der Waals surface area contributed by atoms with E-state index in [-0.39, 0.29) is 12.0 Å². The molecular formula is C11H10Cl4O2. The molecule has 0 spiro atoms. The standard InChI is InChI=1S/C11H10Cl4O2/c12-4-8-5-16-11(6-13,17-8)9-2-1-7(14)3-10(9)15/h1-3,8H,4-6H2/t8-,11?/m1/s1. The van der Waals surface area contributed by atoms with Gasteiger partial charge in [0, 0.05) is 10.6 Å². The van der Waals surface area contributed by atoms with Gasteiger partial charge in [-0.25, -0.2) is 0 Å². The molecule has 1 aromatic rings. The van der Waals surface area contributed by atoms with Gasteiger partial charge in [-0.15, -0.1) is 23.2 Å². The molecule has 0 aromatic heterocycles. The molecule has 0 aliphatic carbocycles. The minimum atomic E-state index is -1.03. The Balaban J connectivity index is 2.35. The lowest BCUT2D eigenvalue weighted by Gasteiger charge is -2.27. The van der Waals surface area contributed by atoms with Gasteiger partial charge < -0.3 is 9.47 Å². The molecule has 0 bridgehead atoms. The summed E-state index contributed by atoms with van der Waals surface area (Å²) in [6, 6.07) is 5.11. The van der Waals surface area contributed by atoms with Crippen LogP contribution in [0.3, 0.4) is 0 Å². The molecule has 0 N–H and O–H groups in total. The quantitative estimate of drug-likeness (QED) is 0.784. The Morgan fingerprint density at radius 3 is 2.59 bits per heavy atom. The molecule has 1 fully saturated rings. The second kappa shape index (κ2) is 5.52. The van der Waals surface area contributed by atoms with Gasteiger partial charge in [-0.1, -0.05) is 29.3 Å². The van der Waals surface area contributed by atoms with E-state index >= 15 is 0 Å². The van der Waals surface area contributed by atoms with Gasteiger partial charge in [0.1, 0.15) is 0 Å². The topological polar surface area (TPSA) is 18.5 Å². The molecule has 94 valence electrons. The zero-order valence-corrected chi connectivity index (χ0v) is 11.8. The van der Waals surface area contributed by atoms with Crippen LogP contribution in [0.4, 0.5) is 0 Å². The minimum absolute atomic E-state index is 0.141. The molecular weight excluding hydrogens is 306 g/mol. The van der Waals surface area contributed by atoms with E-state index in [9.17, 15) is 0 Å². The van der Waals surface area contributed by atoms with E-state index in [0.717, 1.165) is 0 Å². The first-order valence-electron chi connectivity index (χ1n) is 5.00. The molecule has 1 heterocycles. The normalized spacial score (nSPS) is 28.6. The minimum Gasteiger partial charge on any atom is -0.342 e. The highest BCUT2D eigenvalue weighted by molar-refractivity contribution is 6.35. The Bertz CT molecular complexity index is 412. The molecule has 17 heavy (non-hydrogen) atoms. The molecule has 6 heteroatoms. The van der Waals surface area contributed by atoms with E-state index in [0.29, 0.717) is 28.1 Å². The highest BCUT2D eigenvalue weighted by Gasteiger charge is 2.43. The summed E-state index contributed by atoms with van der Waals surface area (Å²) in [5.41, 5.74) is 0.672. The summed E-state index contributed by atoms with van der Waals surface area (Å²) < 4.78 is 11.4. The van der Waals surface area contributed by atoms with Crippen LogP contribution in [0.2, 0.25) is 10.0 Å². The summed E-state index contributed by atoms with van der Waals surface area (Å²) >= 11 is 23.7. The Kier molecular flexibility index (Phi) is 4.45. The molecule has 0 radical (unpaired) electrons. The zero-order chi connectivity index (χ0) is 12.5. The Labute approximate surface area is 120 Å². The van der Waals surface area contributed by atoms with Crippen LogP contribution in [0.15, 0.2) is 18.2 Å². The van der Waals surface area contributed by atoms with Gasteiger partial charge in [-0.05, 0) is 12.1 Å². The summed E-state index contributed by atoms with van der Waals surface area (Å²) in [7, 11) is 0. The Morgan fingerprint density at radius 1 is 1.29 bits per heavy atom. The fraction of sp³-hybridized carbons (Fsp3) is 0.455. The van der Waals surface area contributed by atoms with Gasteiger partial charge in [0.05, 0.1) is 29.5 Å². The average molecular weight is 316 g/mol. The Hall–Kier alpha value is 0.300. The molecule has 2 nitrogen and oxygen atoms in total. The summed E-state index contributed by atoms with van der Waals surface area (Å²) in [5.74, 6) is -0.533.